The molecule has 1 unspecified atom stereocenters. The molecular formula is C15H17N7O3. The van der Waals surface area contributed by atoms with Gasteiger partial charge in [0.2, 0.25) is 0 Å². The molecule has 0 bridgehead atoms. The number of aromatic amines is 1. The molecule has 130 valence electrons. The highest BCUT2D eigenvalue weighted by atomic mass is 16.6. The van der Waals surface area contributed by atoms with E-state index in [1.54, 1.807) is 34.1 Å². The Morgan fingerprint density at radius 2 is 2.12 bits per heavy atom. The van der Waals surface area contributed by atoms with Crippen molar-refractivity contribution in [3.63, 3.8) is 0 Å². The van der Waals surface area contributed by atoms with Gasteiger partial charge >= 0.3 is 12.1 Å². The number of H-pyrrole nitrogens is 1. The zero-order chi connectivity index (χ0) is 17.2. The standard InChI is InChI=1S/C15H17N7O3/c23-14(22-7-1-2-12(22)13-17-19-20-18-13)16-10-3-5-11(6-4-10)21-8-9-25-15(21)24/h3-6,12H,1-2,7-9H2,(H,16,23)(H,17,18,19,20). The summed E-state index contributed by atoms with van der Waals surface area (Å²) in [4.78, 5) is 27.4. The molecule has 2 saturated heterocycles. The first-order chi connectivity index (χ1) is 12.2. The van der Waals surface area contributed by atoms with E-state index >= 15 is 0 Å². The fraction of sp³-hybridized carbons (Fsp3) is 0.400. The summed E-state index contributed by atoms with van der Waals surface area (Å²) in [7, 11) is 0. The van der Waals surface area contributed by atoms with Gasteiger partial charge in [-0.3, -0.25) is 4.90 Å². The molecule has 10 heteroatoms. The molecular weight excluding hydrogens is 326 g/mol. The number of anilines is 2. The zero-order valence-electron chi connectivity index (χ0n) is 13.4. The quantitative estimate of drug-likeness (QED) is 0.873. The fourth-order valence-corrected chi connectivity index (χ4v) is 3.14. The van der Waals surface area contributed by atoms with Gasteiger partial charge in [-0.05, 0) is 37.1 Å². The van der Waals surface area contributed by atoms with Gasteiger partial charge in [0, 0.05) is 17.9 Å². The van der Waals surface area contributed by atoms with Crippen molar-refractivity contribution >= 4 is 23.5 Å². The van der Waals surface area contributed by atoms with Crippen LogP contribution < -0.4 is 10.2 Å². The number of aromatic nitrogens is 4. The van der Waals surface area contributed by atoms with Crippen molar-refractivity contribution in [1.29, 1.82) is 0 Å². The van der Waals surface area contributed by atoms with Crippen molar-refractivity contribution in [2.75, 3.05) is 29.9 Å². The van der Waals surface area contributed by atoms with E-state index in [0.29, 0.717) is 31.2 Å². The van der Waals surface area contributed by atoms with Gasteiger partial charge in [0.1, 0.15) is 6.61 Å². The molecule has 2 aromatic rings. The molecule has 3 amide bonds. The highest BCUT2D eigenvalue weighted by molar-refractivity contribution is 5.92. The Hall–Kier alpha value is -3.17. The van der Waals surface area contributed by atoms with Crippen LogP contribution in [0.3, 0.4) is 0 Å². The monoisotopic (exact) mass is 343 g/mol. The maximum atomic E-state index is 12.6. The maximum Gasteiger partial charge on any atom is 0.414 e. The Balaban J connectivity index is 1.43. The van der Waals surface area contributed by atoms with Gasteiger partial charge in [-0.25, -0.2) is 9.59 Å². The number of carbonyl (C=O) groups is 2. The number of hydrogen-bond acceptors (Lipinski definition) is 6. The average Bonchev–Trinajstić information content (AvgIpc) is 3.36. The highest BCUT2D eigenvalue weighted by Gasteiger charge is 2.33. The van der Waals surface area contributed by atoms with E-state index in [-0.39, 0.29) is 18.2 Å². The first-order valence-corrected chi connectivity index (χ1v) is 8.08. The van der Waals surface area contributed by atoms with Crippen LogP contribution in [0.5, 0.6) is 0 Å². The third-order valence-electron chi connectivity index (χ3n) is 4.36. The van der Waals surface area contributed by atoms with Crippen LogP contribution in [0.2, 0.25) is 0 Å². The lowest BCUT2D eigenvalue weighted by atomic mass is 10.2. The van der Waals surface area contributed by atoms with E-state index in [0.717, 1.165) is 18.5 Å². The van der Waals surface area contributed by atoms with E-state index in [4.69, 9.17) is 4.74 Å². The average molecular weight is 343 g/mol. The number of benzene rings is 1. The lowest BCUT2D eigenvalue weighted by molar-refractivity contribution is 0.181. The predicted molar refractivity (Wildman–Crippen MR) is 87.0 cm³/mol. The summed E-state index contributed by atoms with van der Waals surface area (Å²) < 4.78 is 4.92. The number of carbonyl (C=O) groups excluding carboxylic acids is 2. The molecule has 2 fully saturated rings. The summed E-state index contributed by atoms with van der Waals surface area (Å²) in [6.45, 7) is 1.57. The van der Waals surface area contributed by atoms with Crippen molar-refractivity contribution in [3.05, 3.63) is 30.1 Å². The lowest BCUT2D eigenvalue weighted by Gasteiger charge is -2.22. The molecule has 3 heterocycles. The molecule has 1 atom stereocenters. The minimum Gasteiger partial charge on any atom is -0.447 e. The number of ether oxygens (including phenoxy) is 1. The van der Waals surface area contributed by atoms with E-state index in [9.17, 15) is 9.59 Å². The Morgan fingerprint density at radius 1 is 1.28 bits per heavy atom. The van der Waals surface area contributed by atoms with E-state index in [1.165, 1.54) is 0 Å². The Labute approximate surface area is 143 Å². The lowest BCUT2D eigenvalue weighted by Crippen LogP contribution is -2.34. The van der Waals surface area contributed by atoms with Gasteiger partial charge in [-0.15, -0.1) is 10.2 Å². The fourth-order valence-electron chi connectivity index (χ4n) is 3.14. The molecule has 1 aromatic heterocycles. The molecule has 0 saturated carbocycles. The normalized spacial score (nSPS) is 20.0. The van der Waals surface area contributed by atoms with Crippen LogP contribution in [0.1, 0.15) is 24.7 Å². The molecule has 10 nitrogen and oxygen atoms in total. The topological polar surface area (TPSA) is 116 Å². The number of rotatable bonds is 3. The van der Waals surface area contributed by atoms with E-state index in [2.05, 4.69) is 25.9 Å². The number of likely N-dealkylation sites (tertiary alicyclic amines) is 1. The molecule has 2 aliphatic rings. The number of hydrogen-bond donors (Lipinski definition) is 2. The summed E-state index contributed by atoms with van der Waals surface area (Å²) in [6.07, 6.45) is 1.35. The largest absolute Gasteiger partial charge is 0.447 e. The van der Waals surface area contributed by atoms with Crippen LogP contribution in [0.15, 0.2) is 24.3 Å². The second kappa shape index (κ2) is 6.38. The van der Waals surface area contributed by atoms with Crippen LogP contribution in [-0.4, -0.2) is 57.3 Å². The van der Waals surface area contributed by atoms with E-state index in [1.807, 2.05) is 0 Å². The van der Waals surface area contributed by atoms with Gasteiger partial charge in [0.15, 0.2) is 5.82 Å². The second-order valence-corrected chi connectivity index (χ2v) is 5.86. The minimum absolute atomic E-state index is 0.169. The van der Waals surface area contributed by atoms with Crippen molar-refractivity contribution in [2.45, 2.75) is 18.9 Å². The van der Waals surface area contributed by atoms with Gasteiger partial charge < -0.3 is 15.0 Å². The Bertz CT molecular complexity index is 762. The van der Waals surface area contributed by atoms with Crippen molar-refractivity contribution in [3.8, 4) is 0 Å². The summed E-state index contributed by atoms with van der Waals surface area (Å²) in [5.41, 5.74) is 1.39. The van der Waals surface area contributed by atoms with Gasteiger partial charge in [-0.1, -0.05) is 5.21 Å². The summed E-state index contributed by atoms with van der Waals surface area (Å²) in [5, 5.41) is 16.8. The molecule has 25 heavy (non-hydrogen) atoms. The number of nitrogens with one attached hydrogen (secondary N) is 2. The van der Waals surface area contributed by atoms with Crippen LogP contribution in [0.4, 0.5) is 21.0 Å². The first-order valence-electron chi connectivity index (χ1n) is 8.08. The summed E-state index contributed by atoms with van der Waals surface area (Å²) in [5.74, 6) is 0.524. The minimum atomic E-state index is -0.350. The molecule has 1 aromatic carbocycles. The number of nitrogens with zero attached hydrogens (tertiary/aromatic N) is 5. The molecule has 0 spiro atoms. The SMILES string of the molecule is O=C1OCCN1c1ccc(NC(=O)N2CCCC2c2nn[nH]n2)cc1. The number of tetrazole rings is 1. The van der Waals surface area contributed by atoms with Crippen molar-refractivity contribution in [2.24, 2.45) is 0 Å². The van der Waals surface area contributed by atoms with Crippen LogP contribution in [0, 0.1) is 0 Å². The zero-order valence-corrected chi connectivity index (χ0v) is 13.4. The molecule has 0 radical (unpaired) electrons. The number of cyclic esters (lactones) is 1. The Kier molecular flexibility index (Phi) is 3.92. The maximum absolute atomic E-state index is 12.6. The van der Waals surface area contributed by atoms with Gasteiger partial charge in [0.25, 0.3) is 0 Å². The van der Waals surface area contributed by atoms with Crippen LogP contribution in [-0.2, 0) is 4.74 Å². The summed E-state index contributed by atoms with van der Waals surface area (Å²) in [6, 6.07) is 6.71. The highest BCUT2D eigenvalue weighted by Crippen LogP contribution is 2.30. The van der Waals surface area contributed by atoms with Crippen molar-refractivity contribution in [1.82, 2.24) is 25.5 Å². The third-order valence-corrected chi connectivity index (χ3v) is 4.36. The third kappa shape index (κ3) is 2.97. The second-order valence-electron chi connectivity index (χ2n) is 5.86. The molecule has 2 N–H and O–H groups in total. The van der Waals surface area contributed by atoms with E-state index < -0.39 is 0 Å². The molecule has 2 aliphatic heterocycles. The Morgan fingerprint density at radius 3 is 2.80 bits per heavy atom. The molecule has 4 rings (SSSR count). The summed E-state index contributed by atoms with van der Waals surface area (Å²) >= 11 is 0. The van der Waals surface area contributed by atoms with Crippen LogP contribution >= 0.6 is 0 Å². The number of amides is 3. The smallest absolute Gasteiger partial charge is 0.414 e. The molecule has 0 aliphatic carbocycles. The van der Waals surface area contributed by atoms with Crippen LogP contribution in [0.25, 0.3) is 0 Å². The number of urea groups is 1. The predicted octanol–water partition coefficient (Wildman–Crippen LogP) is 1.53. The first kappa shape index (κ1) is 15.4. The van der Waals surface area contributed by atoms with Gasteiger partial charge in [-0.2, -0.15) is 5.21 Å². The van der Waals surface area contributed by atoms with Crippen molar-refractivity contribution < 1.29 is 14.3 Å². The van der Waals surface area contributed by atoms with Gasteiger partial charge in [0.05, 0.1) is 12.6 Å².